The average molecular weight is 432 g/mol. The van der Waals surface area contributed by atoms with Gasteiger partial charge < -0.3 is 10.5 Å². The molecule has 0 radical (unpaired) electrons. The van der Waals surface area contributed by atoms with E-state index in [-0.39, 0.29) is 0 Å². The lowest BCUT2D eigenvalue weighted by Gasteiger charge is -2.05. The molecule has 6 nitrogen and oxygen atoms in total. The number of nitrogens with one attached hydrogen (secondary N) is 1. The van der Waals surface area contributed by atoms with Gasteiger partial charge in [0.2, 0.25) is 0 Å². The molecule has 0 atom stereocenters. The molecule has 1 heterocycles. The van der Waals surface area contributed by atoms with Gasteiger partial charge in [-0.05, 0) is 36.4 Å². The van der Waals surface area contributed by atoms with E-state index in [1.54, 1.807) is 24.3 Å². The molecule has 0 saturated heterocycles. The molecule has 0 aliphatic heterocycles. The Morgan fingerprint density at radius 1 is 1.12 bits per heavy atom. The molecule has 3 aromatic rings. The number of amides is 1. The van der Waals surface area contributed by atoms with Crippen molar-refractivity contribution in [3.8, 4) is 11.3 Å². The normalized spacial score (nSPS) is 10.3. The quantitative estimate of drug-likeness (QED) is 0.470. The molecule has 0 spiro atoms. The average Bonchev–Trinajstić information content (AvgIpc) is 3.09. The Hall–Kier alpha value is -2.71. The van der Waals surface area contributed by atoms with Crippen LogP contribution in [0.3, 0.4) is 0 Å². The van der Waals surface area contributed by atoms with E-state index in [4.69, 9.17) is 10.5 Å². The van der Waals surface area contributed by atoms with Crippen LogP contribution in [0.2, 0.25) is 0 Å². The molecule has 2 aromatic carbocycles. The van der Waals surface area contributed by atoms with Crippen LogP contribution in [-0.4, -0.2) is 23.5 Å². The van der Waals surface area contributed by atoms with Crippen molar-refractivity contribution in [2.24, 2.45) is 0 Å². The molecule has 3 rings (SSSR count). The fourth-order valence-electron chi connectivity index (χ4n) is 2.07. The zero-order valence-corrected chi connectivity index (χ0v) is 15.8. The predicted molar refractivity (Wildman–Crippen MR) is 105 cm³/mol. The van der Waals surface area contributed by atoms with Crippen LogP contribution in [0.5, 0.6) is 0 Å². The van der Waals surface area contributed by atoms with Gasteiger partial charge in [0.15, 0.2) is 11.7 Å². The van der Waals surface area contributed by atoms with Crippen molar-refractivity contribution in [3.63, 3.8) is 0 Å². The molecule has 0 aliphatic carbocycles. The van der Waals surface area contributed by atoms with Crippen LogP contribution >= 0.6 is 27.3 Å². The highest BCUT2D eigenvalue weighted by Gasteiger charge is 2.12. The molecular formula is C18H14BrN3O3S. The van der Waals surface area contributed by atoms with Gasteiger partial charge >= 0.3 is 5.97 Å². The Balaban J connectivity index is 1.54. The molecule has 1 aromatic heterocycles. The first-order chi connectivity index (χ1) is 12.5. The number of ether oxygens (including phenoxy) is 1. The lowest BCUT2D eigenvalue weighted by molar-refractivity contribution is -0.119. The van der Waals surface area contributed by atoms with Crippen LogP contribution in [0.4, 0.5) is 10.8 Å². The highest BCUT2D eigenvalue weighted by atomic mass is 79.9. The lowest BCUT2D eigenvalue weighted by atomic mass is 10.2. The molecule has 0 aliphatic rings. The van der Waals surface area contributed by atoms with Gasteiger partial charge in [-0.3, -0.25) is 10.1 Å². The number of nitrogens with zero attached hydrogens (tertiary/aromatic N) is 1. The fraction of sp³-hybridized carbons (Fsp3) is 0.0556. The van der Waals surface area contributed by atoms with Crippen LogP contribution in [-0.2, 0) is 9.53 Å². The zero-order valence-electron chi connectivity index (χ0n) is 13.4. The summed E-state index contributed by atoms with van der Waals surface area (Å²) in [5.41, 5.74) is 8.15. The standard InChI is InChI=1S/C18H14BrN3O3S/c19-13-5-1-11(2-6-13)15-10-26-18(21-15)22-16(23)9-25-17(24)12-3-7-14(20)8-4-12/h1-8,10H,9,20H2,(H,21,22,23). The number of thiazole rings is 1. The molecule has 8 heteroatoms. The number of hydrogen-bond acceptors (Lipinski definition) is 6. The van der Waals surface area contributed by atoms with Crippen molar-refractivity contribution in [1.29, 1.82) is 0 Å². The maximum Gasteiger partial charge on any atom is 0.338 e. The highest BCUT2D eigenvalue weighted by Crippen LogP contribution is 2.26. The zero-order chi connectivity index (χ0) is 18.5. The van der Waals surface area contributed by atoms with Crippen molar-refractivity contribution in [1.82, 2.24) is 4.98 Å². The summed E-state index contributed by atoms with van der Waals surface area (Å²) in [6.45, 7) is -0.392. The van der Waals surface area contributed by atoms with Crippen molar-refractivity contribution in [2.45, 2.75) is 0 Å². The van der Waals surface area contributed by atoms with Crippen molar-refractivity contribution < 1.29 is 14.3 Å². The summed E-state index contributed by atoms with van der Waals surface area (Å²) in [5, 5.41) is 4.91. The van der Waals surface area contributed by atoms with Crippen LogP contribution in [0.1, 0.15) is 10.4 Å². The smallest absolute Gasteiger partial charge is 0.338 e. The van der Waals surface area contributed by atoms with Crippen LogP contribution in [0.25, 0.3) is 11.3 Å². The summed E-state index contributed by atoms with van der Waals surface area (Å²) in [5.74, 6) is -1.04. The second-order valence-corrected chi connectivity index (χ2v) is 7.06. The first-order valence-corrected chi connectivity index (χ1v) is 9.22. The molecule has 0 unspecified atom stereocenters. The van der Waals surface area contributed by atoms with Gasteiger partial charge in [-0.15, -0.1) is 11.3 Å². The molecule has 3 N–H and O–H groups in total. The van der Waals surface area contributed by atoms with Crippen LogP contribution in [0, 0.1) is 0 Å². The summed E-state index contributed by atoms with van der Waals surface area (Å²) in [6.07, 6.45) is 0. The summed E-state index contributed by atoms with van der Waals surface area (Å²) in [7, 11) is 0. The number of nitrogens with two attached hydrogens (primary N) is 1. The van der Waals surface area contributed by atoms with Gasteiger partial charge in [0.25, 0.3) is 5.91 Å². The van der Waals surface area contributed by atoms with Gasteiger partial charge in [0, 0.05) is 21.1 Å². The van der Waals surface area contributed by atoms with E-state index in [9.17, 15) is 9.59 Å². The van der Waals surface area contributed by atoms with Crippen LogP contribution < -0.4 is 11.1 Å². The van der Waals surface area contributed by atoms with Gasteiger partial charge in [-0.2, -0.15) is 0 Å². The van der Waals surface area contributed by atoms with E-state index in [0.717, 1.165) is 15.7 Å². The highest BCUT2D eigenvalue weighted by molar-refractivity contribution is 9.10. The Kier molecular flexibility index (Phi) is 5.65. The fourth-order valence-corrected chi connectivity index (χ4v) is 3.07. The summed E-state index contributed by atoms with van der Waals surface area (Å²) in [4.78, 5) is 28.2. The molecular weight excluding hydrogens is 418 g/mol. The summed E-state index contributed by atoms with van der Waals surface area (Å²) < 4.78 is 5.97. The third kappa shape index (κ3) is 4.68. The third-order valence-electron chi connectivity index (χ3n) is 3.37. The number of esters is 1. The molecule has 1 amide bonds. The van der Waals surface area contributed by atoms with Crippen molar-refractivity contribution >= 4 is 50.0 Å². The van der Waals surface area contributed by atoms with E-state index in [1.807, 2.05) is 29.6 Å². The van der Waals surface area contributed by atoms with Crippen molar-refractivity contribution in [3.05, 3.63) is 63.9 Å². The van der Waals surface area contributed by atoms with E-state index >= 15 is 0 Å². The van der Waals surface area contributed by atoms with E-state index in [1.165, 1.54) is 11.3 Å². The minimum atomic E-state index is -0.588. The molecule has 0 bridgehead atoms. The summed E-state index contributed by atoms with van der Waals surface area (Å²) >= 11 is 4.68. The number of aromatic nitrogens is 1. The van der Waals surface area contributed by atoms with Gasteiger partial charge in [0.1, 0.15) is 0 Å². The maximum atomic E-state index is 11.9. The Morgan fingerprint density at radius 2 is 1.81 bits per heavy atom. The SMILES string of the molecule is Nc1ccc(C(=O)OCC(=O)Nc2nc(-c3ccc(Br)cc3)cs2)cc1. The Bertz CT molecular complexity index is 924. The predicted octanol–water partition coefficient (Wildman–Crippen LogP) is 3.95. The van der Waals surface area contributed by atoms with E-state index in [2.05, 4.69) is 26.2 Å². The second-order valence-electron chi connectivity index (χ2n) is 5.29. The maximum absolute atomic E-state index is 11.9. The molecule has 132 valence electrons. The number of benzene rings is 2. The number of carbonyl (C=O) groups excluding carboxylic acids is 2. The van der Waals surface area contributed by atoms with Gasteiger partial charge in [-0.1, -0.05) is 28.1 Å². The third-order valence-corrected chi connectivity index (χ3v) is 4.66. The largest absolute Gasteiger partial charge is 0.452 e. The van der Waals surface area contributed by atoms with Gasteiger partial charge in [0.05, 0.1) is 11.3 Å². The second kappa shape index (κ2) is 8.11. The Morgan fingerprint density at radius 3 is 2.50 bits per heavy atom. The van der Waals surface area contributed by atoms with E-state index in [0.29, 0.717) is 16.4 Å². The monoisotopic (exact) mass is 431 g/mol. The topological polar surface area (TPSA) is 94.3 Å². The number of rotatable bonds is 5. The number of nitrogen functional groups attached to an aromatic ring is 1. The molecule has 0 saturated carbocycles. The minimum absolute atomic E-state index is 0.332. The number of halogens is 1. The van der Waals surface area contributed by atoms with Crippen molar-refractivity contribution in [2.75, 3.05) is 17.7 Å². The first kappa shape index (κ1) is 18.1. The van der Waals surface area contributed by atoms with Gasteiger partial charge in [-0.25, -0.2) is 9.78 Å². The molecule has 0 fully saturated rings. The summed E-state index contributed by atoms with van der Waals surface area (Å²) in [6, 6.07) is 14.0. The lowest BCUT2D eigenvalue weighted by Crippen LogP contribution is -2.20. The molecule has 26 heavy (non-hydrogen) atoms. The van der Waals surface area contributed by atoms with E-state index < -0.39 is 18.5 Å². The first-order valence-electron chi connectivity index (χ1n) is 7.55. The Labute approximate surface area is 162 Å². The minimum Gasteiger partial charge on any atom is -0.452 e. The number of hydrogen-bond donors (Lipinski definition) is 2. The number of carbonyl (C=O) groups is 2. The van der Waals surface area contributed by atoms with Crippen LogP contribution in [0.15, 0.2) is 58.4 Å². The number of anilines is 2.